The second-order valence-electron chi connectivity index (χ2n) is 12.0. The second kappa shape index (κ2) is 14.1. The third-order valence-corrected chi connectivity index (χ3v) is 10.2. The molecule has 5 rings (SSSR count). The summed E-state index contributed by atoms with van der Waals surface area (Å²) in [7, 11) is 0. The second-order valence-corrected chi connectivity index (χ2v) is 15.1. The highest BCUT2D eigenvalue weighted by atomic mass is 35.5. The van der Waals surface area contributed by atoms with Crippen molar-refractivity contribution in [3.63, 3.8) is 0 Å². The Morgan fingerprint density at radius 3 is 2.50 bits per heavy atom. The third kappa shape index (κ3) is 8.28. The van der Waals surface area contributed by atoms with E-state index in [0.29, 0.717) is 46.9 Å². The van der Waals surface area contributed by atoms with E-state index in [4.69, 9.17) is 27.9 Å². The highest BCUT2D eigenvalue weighted by Crippen LogP contribution is 2.39. The maximum Gasteiger partial charge on any atom is 0.410 e. The van der Waals surface area contributed by atoms with E-state index in [1.807, 2.05) is 45.9 Å². The number of carbonyl (C=O) groups excluding carboxylic acids is 2. The number of carbonyl (C=O) groups is 2. The lowest BCUT2D eigenvalue weighted by molar-refractivity contribution is 0.0162. The molecule has 0 bridgehead atoms. The lowest BCUT2D eigenvalue weighted by atomic mass is 9.72. The van der Waals surface area contributed by atoms with E-state index in [2.05, 4.69) is 25.6 Å². The highest BCUT2D eigenvalue weighted by molar-refractivity contribution is 8.01. The van der Waals surface area contributed by atoms with Crippen molar-refractivity contribution in [3.05, 3.63) is 87.7 Å². The van der Waals surface area contributed by atoms with Crippen molar-refractivity contribution in [3.8, 4) is 0 Å². The Hall–Kier alpha value is -3.45. The van der Waals surface area contributed by atoms with Crippen LogP contribution in [0.5, 0.6) is 0 Å². The van der Waals surface area contributed by atoms with Gasteiger partial charge in [0.25, 0.3) is 5.91 Å². The van der Waals surface area contributed by atoms with Gasteiger partial charge in [-0.15, -0.1) is 0 Å². The molecule has 0 unspecified atom stereocenters. The molecule has 46 heavy (non-hydrogen) atoms. The molecular weight excluding hydrogens is 670 g/mol. The zero-order valence-corrected chi connectivity index (χ0v) is 28.8. The largest absolute Gasteiger partial charge is 0.444 e. The number of halogens is 3. The normalized spacial score (nSPS) is 14.5. The molecule has 0 saturated carbocycles. The molecule has 0 atom stereocenters. The lowest BCUT2D eigenvalue weighted by Gasteiger charge is -2.42. The van der Waals surface area contributed by atoms with Crippen LogP contribution in [0.15, 0.2) is 64.1 Å². The Labute approximate surface area is 285 Å². The summed E-state index contributed by atoms with van der Waals surface area (Å²) in [6.45, 7) is 8.40. The number of amides is 2. The smallest absolute Gasteiger partial charge is 0.410 e. The van der Waals surface area contributed by atoms with Crippen LogP contribution in [-0.2, 0) is 10.2 Å². The number of thiazole rings is 1. The zero-order chi connectivity index (χ0) is 33.1. The van der Waals surface area contributed by atoms with Crippen LogP contribution in [0.1, 0.15) is 55.2 Å². The predicted molar refractivity (Wildman–Crippen MR) is 180 cm³/mol. The van der Waals surface area contributed by atoms with E-state index in [1.54, 1.807) is 29.4 Å². The number of pyridine rings is 2. The number of ether oxygens (including phenoxy) is 1. The van der Waals surface area contributed by atoms with Gasteiger partial charge < -0.3 is 20.3 Å². The molecule has 0 spiro atoms. The maximum absolute atomic E-state index is 15.7. The van der Waals surface area contributed by atoms with Crippen LogP contribution in [0.4, 0.5) is 20.1 Å². The summed E-state index contributed by atoms with van der Waals surface area (Å²) in [6.07, 6.45) is 5.38. The minimum Gasteiger partial charge on any atom is -0.444 e. The first kappa shape index (κ1) is 33.9. The summed E-state index contributed by atoms with van der Waals surface area (Å²) in [5.41, 5.74) is 0.392. The van der Waals surface area contributed by atoms with Crippen molar-refractivity contribution in [2.75, 3.05) is 25.0 Å². The summed E-state index contributed by atoms with van der Waals surface area (Å²) in [4.78, 5) is 40.7. The first-order chi connectivity index (χ1) is 21.8. The topological polar surface area (TPSA) is 109 Å². The molecule has 2 amide bonds. The average Bonchev–Trinajstić information content (AvgIpc) is 3.44. The fourth-order valence-corrected chi connectivity index (χ4v) is 7.19. The van der Waals surface area contributed by atoms with Gasteiger partial charge in [0.15, 0.2) is 16.6 Å². The molecule has 1 fully saturated rings. The van der Waals surface area contributed by atoms with E-state index >= 15 is 4.39 Å². The van der Waals surface area contributed by atoms with Crippen LogP contribution >= 0.6 is 46.3 Å². The third-order valence-electron chi connectivity index (χ3n) is 7.41. The molecule has 0 radical (unpaired) electrons. The summed E-state index contributed by atoms with van der Waals surface area (Å²) in [5, 5.41) is 7.46. The average molecular weight is 704 g/mol. The van der Waals surface area contributed by atoms with Crippen molar-refractivity contribution < 1.29 is 18.7 Å². The van der Waals surface area contributed by atoms with E-state index in [9.17, 15) is 9.59 Å². The van der Waals surface area contributed by atoms with E-state index < -0.39 is 28.8 Å². The van der Waals surface area contributed by atoms with Gasteiger partial charge in [0.2, 0.25) is 0 Å². The molecule has 14 heteroatoms. The Kier molecular flexibility index (Phi) is 10.4. The van der Waals surface area contributed by atoms with Crippen molar-refractivity contribution >= 4 is 69.3 Å². The van der Waals surface area contributed by atoms with Gasteiger partial charge in [0.1, 0.15) is 11.4 Å². The van der Waals surface area contributed by atoms with Gasteiger partial charge in [-0.05, 0) is 82.0 Å². The number of nitrogens with zero attached hydrogens (tertiary/aromatic N) is 4. The molecule has 2 N–H and O–H groups in total. The molecule has 4 heterocycles. The van der Waals surface area contributed by atoms with E-state index in [0.717, 1.165) is 27.1 Å². The van der Waals surface area contributed by atoms with E-state index in [1.165, 1.54) is 23.6 Å². The SMILES string of the molecule is Cc1ccnc(Nc2ncc(Sc3ccnc(C(=O)NCC4(c5ccc(Cl)c(Cl)c5)CCN(C(=O)OC(C)(C)C)CC4)c3F)s2)c1. The summed E-state index contributed by atoms with van der Waals surface area (Å²) < 4.78 is 22.0. The van der Waals surface area contributed by atoms with Gasteiger partial charge >= 0.3 is 6.09 Å². The van der Waals surface area contributed by atoms with Crippen molar-refractivity contribution in [2.24, 2.45) is 0 Å². The maximum atomic E-state index is 15.7. The van der Waals surface area contributed by atoms with Gasteiger partial charge in [0.05, 0.1) is 25.3 Å². The van der Waals surface area contributed by atoms with Crippen LogP contribution in [0.2, 0.25) is 10.0 Å². The molecular formula is C32H33Cl2FN6O3S2. The van der Waals surface area contributed by atoms with Crippen LogP contribution < -0.4 is 10.6 Å². The number of rotatable bonds is 8. The van der Waals surface area contributed by atoms with Crippen molar-refractivity contribution in [1.82, 2.24) is 25.2 Å². The minimum atomic E-state index is -0.725. The zero-order valence-electron chi connectivity index (χ0n) is 25.7. The van der Waals surface area contributed by atoms with Crippen molar-refractivity contribution in [2.45, 2.75) is 60.7 Å². The number of aryl methyl sites for hydroxylation is 1. The van der Waals surface area contributed by atoms with Gasteiger partial charge in [-0.2, -0.15) is 0 Å². The lowest BCUT2D eigenvalue weighted by Crippen LogP contribution is -2.51. The fraction of sp³-hybridized carbons (Fsp3) is 0.344. The quantitative estimate of drug-likeness (QED) is 0.189. The number of aromatic nitrogens is 3. The van der Waals surface area contributed by atoms with Crippen LogP contribution in [-0.4, -0.2) is 57.1 Å². The molecule has 1 aliphatic heterocycles. The molecule has 9 nitrogen and oxygen atoms in total. The fourth-order valence-electron chi connectivity index (χ4n) is 5.02. The van der Waals surface area contributed by atoms with Gasteiger partial charge in [-0.1, -0.05) is 52.4 Å². The number of anilines is 2. The monoisotopic (exact) mass is 702 g/mol. The van der Waals surface area contributed by atoms with Gasteiger partial charge in [-0.25, -0.2) is 24.1 Å². The molecule has 1 aromatic carbocycles. The Morgan fingerprint density at radius 1 is 1.07 bits per heavy atom. The van der Waals surface area contributed by atoms with Crippen LogP contribution in [0.25, 0.3) is 0 Å². The Bertz CT molecular complexity index is 1740. The van der Waals surface area contributed by atoms with Gasteiger partial charge in [0, 0.05) is 37.4 Å². The standard InChI is InChI=1S/C32H33Cl2FN6O3S2/c1-19-7-11-36-24(15-19)40-29-38-17-25(46-29)45-23-8-12-37-27(26(23)35)28(42)39-18-32(20-5-6-21(33)22(34)16-20)9-13-41(14-10-32)30(43)44-31(2,3)4/h5-8,11-12,15-17H,9-10,13-14,18H2,1-4H3,(H,39,42)(H,36,38,40). The highest BCUT2D eigenvalue weighted by Gasteiger charge is 2.39. The molecule has 4 aromatic rings. The minimum absolute atomic E-state index is 0.168. The van der Waals surface area contributed by atoms with E-state index in [-0.39, 0.29) is 17.1 Å². The number of hydrogen-bond donors (Lipinski definition) is 2. The molecule has 1 saturated heterocycles. The Morgan fingerprint density at radius 2 is 1.80 bits per heavy atom. The number of nitrogens with one attached hydrogen (secondary N) is 2. The summed E-state index contributed by atoms with van der Waals surface area (Å²) in [5.74, 6) is -0.711. The van der Waals surface area contributed by atoms with Crippen LogP contribution in [0.3, 0.4) is 0 Å². The predicted octanol–water partition coefficient (Wildman–Crippen LogP) is 8.28. The van der Waals surface area contributed by atoms with Gasteiger partial charge in [-0.3, -0.25) is 4.79 Å². The number of benzene rings is 1. The molecule has 0 aliphatic carbocycles. The summed E-state index contributed by atoms with van der Waals surface area (Å²) >= 11 is 15.1. The number of piperidine rings is 1. The Balaban J connectivity index is 1.29. The molecule has 3 aromatic heterocycles. The van der Waals surface area contributed by atoms with Crippen LogP contribution in [0, 0.1) is 12.7 Å². The van der Waals surface area contributed by atoms with Crippen molar-refractivity contribution in [1.29, 1.82) is 0 Å². The number of likely N-dealkylation sites (tertiary alicyclic amines) is 1. The number of hydrogen-bond acceptors (Lipinski definition) is 9. The first-order valence-electron chi connectivity index (χ1n) is 14.5. The first-order valence-corrected chi connectivity index (χ1v) is 16.9. The summed E-state index contributed by atoms with van der Waals surface area (Å²) in [6, 6.07) is 10.7. The molecule has 1 aliphatic rings. The molecule has 242 valence electrons.